The molecule has 6 nitrogen and oxygen atoms in total. The molecule has 0 spiro atoms. The summed E-state index contributed by atoms with van der Waals surface area (Å²) in [5.41, 5.74) is 2.42. The van der Waals surface area contributed by atoms with Gasteiger partial charge in [-0.15, -0.1) is 0 Å². The van der Waals surface area contributed by atoms with Crippen molar-refractivity contribution in [1.82, 2.24) is 20.4 Å². The lowest BCUT2D eigenvalue weighted by Gasteiger charge is -2.11. The van der Waals surface area contributed by atoms with Crippen LogP contribution in [0.5, 0.6) is 5.75 Å². The van der Waals surface area contributed by atoms with Crippen molar-refractivity contribution in [2.75, 3.05) is 20.2 Å². The lowest BCUT2D eigenvalue weighted by atomic mass is 10.2. The predicted molar refractivity (Wildman–Crippen MR) is 97.3 cm³/mol. The lowest BCUT2D eigenvalue weighted by Crippen LogP contribution is -2.37. The van der Waals surface area contributed by atoms with E-state index in [9.17, 15) is 0 Å². The normalized spacial score (nSPS) is 11.4. The molecule has 0 aliphatic rings. The molecule has 6 heteroatoms. The summed E-state index contributed by atoms with van der Waals surface area (Å²) < 4.78 is 7.01. The molecular weight excluding hydrogens is 302 g/mol. The van der Waals surface area contributed by atoms with Crippen LogP contribution in [0.4, 0.5) is 0 Å². The number of benzene rings is 1. The highest BCUT2D eigenvalue weighted by Gasteiger charge is 2.00. The minimum atomic E-state index is 0.641. The zero-order valence-corrected chi connectivity index (χ0v) is 14.7. The molecule has 2 N–H and O–H groups in total. The second kappa shape index (κ2) is 9.60. The maximum atomic E-state index is 5.17. The first-order valence-electron chi connectivity index (χ1n) is 8.34. The van der Waals surface area contributed by atoms with Gasteiger partial charge in [0.2, 0.25) is 0 Å². The molecule has 130 valence electrons. The number of nitrogens with one attached hydrogen (secondary N) is 2. The largest absolute Gasteiger partial charge is 0.497 e. The number of nitrogens with zero attached hydrogens (tertiary/aromatic N) is 3. The van der Waals surface area contributed by atoms with Gasteiger partial charge in [0.25, 0.3) is 0 Å². The van der Waals surface area contributed by atoms with E-state index in [0.717, 1.165) is 43.2 Å². The zero-order chi connectivity index (χ0) is 17.2. The number of aromatic nitrogens is 2. The van der Waals surface area contributed by atoms with Crippen LogP contribution in [-0.2, 0) is 20.0 Å². The van der Waals surface area contributed by atoms with Crippen LogP contribution in [0.15, 0.2) is 41.7 Å². The molecule has 1 aromatic carbocycles. The molecule has 0 atom stereocenters. The second-order valence-corrected chi connectivity index (χ2v) is 5.60. The van der Waals surface area contributed by atoms with Gasteiger partial charge in [0.15, 0.2) is 5.96 Å². The quantitative estimate of drug-likeness (QED) is 0.442. The Hall–Kier alpha value is -2.50. The maximum absolute atomic E-state index is 5.17. The van der Waals surface area contributed by atoms with E-state index < -0.39 is 0 Å². The summed E-state index contributed by atoms with van der Waals surface area (Å²) in [5, 5.41) is 10.8. The molecule has 24 heavy (non-hydrogen) atoms. The minimum Gasteiger partial charge on any atom is -0.497 e. The van der Waals surface area contributed by atoms with Crippen LogP contribution in [0.25, 0.3) is 0 Å². The van der Waals surface area contributed by atoms with Gasteiger partial charge in [0.05, 0.1) is 19.9 Å². The van der Waals surface area contributed by atoms with E-state index in [4.69, 9.17) is 4.74 Å². The summed E-state index contributed by atoms with van der Waals surface area (Å²) in [6, 6.07) is 7.99. The number of rotatable bonds is 8. The average Bonchev–Trinajstić information content (AvgIpc) is 3.02. The Morgan fingerprint density at radius 2 is 2.00 bits per heavy atom. The third-order valence-electron chi connectivity index (χ3n) is 3.62. The van der Waals surface area contributed by atoms with Crippen molar-refractivity contribution in [2.24, 2.45) is 12.0 Å². The molecule has 0 aliphatic heterocycles. The number of guanidine groups is 1. The Bertz CT molecular complexity index is 633. The summed E-state index contributed by atoms with van der Waals surface area (Å²) in [5.74, 6) is 1.71. The summed E-state index contributed by atoms with van der Waals surface area (Å²) in [6.45, 7) is 4.43. The fourth-order valence-corrected chi connectivity index (χ4v) is 2.34. The van der Waals surface area contributed by atoms with Gasteiger partial charge in [-0.2, -0.15) is 5.10 Å². The highest BCUT2D eigenvalue weighted by molar-refractivity contribution is 5.79. The molecular formula is C18H27N5O. The van der Waals surface area contributed by atoms with Crippen LogP contribution in [0.1, 0.15) is 24.5 Å². The first kappa shape index (κ1) is 17.8. The topological polar surface area (TPSA) is 63.5 Å². The Morgan fingerprint density at radius 1 is 1.21 bits per heavy atom. The number of hydrogen-bond acceptors (Lipinski definition) is 3. The van der Waals surface area contributed by atoms with Crippen molar-refractivity contribution in [3.05, 3.63) is 47.8 Å². The van der Waals surface area contributed by atoms with Crippen LogP contribution < -0.4 is 15.4 Å². The van der Waals surface area contributed by atoms with Crippen LogP contribution in [0, 0.1) is 0 Å². The molecule has 2 rings (SSSR count). The van der Waals surface area contributed by atoms with E-state index in [1.165, 1.54) is 5.56 Å². The summed E-state index contributed by atoms with van der Waals surface area (Å²) in [7, 11) is 3.61. The first-order chi connectivity index (χ1) is 11.7. The Kier molecular flexibility index (Phi) is 7.14. The van der Waals surface area contributed by atoms with Crippen LogP contribution in [0.2, 0.25) is 0 Å². The minimum absolute atomic E-state index is 0.641. The van der Waals surface area contributed by atoms with Gasteiger partial charge in [-0.3, -0.25) is 4.68 Å². The predicted octanol–water partition coefficient (Wildman–Crippen LogP) is 2.12. The molecule has 0 fully saturated rings. The number of aryl methyl sites for hydroxylation is 2. The van der Waals surface area contributed by atoms with Gasteiger partial charge in [-0.1, -0.05) is 12.1 Å². The molecule has 1 heterocycles. The average molecular weight is 329 g/mol. The van der Waals surface area contributed by atoms with Crippen molar-refractivity contribution < 1.29 is 4.74 Å². The number of ether oxygens (including phenoxy) is 1. The first-order valence-corrected chi connectivity index (χ1v) is 8.34. The van der Waals surface area contributed by atoms with Crippen molar-refractivity contribution in [3.63, 3.8) is 0 Å². The van der Waals surface area contributed by atoms with E-state index >= 15 is 0 Å². The standard InChI is InChI=1S/C18H27N5O/c1-4-19-18(20-11-5-6-16-13-22-23(2)14-16)21-12-15-7-9-17(24-3)10-8-15/h7-10,13-14H,4-6,11-12H2,1-3H3,(H2,19,20,21). The van der Waals surface area contributed by atoms with E-state index in [-0.39, 0.29) is 0 Å². The lowest BCUT2D eigenvalue weighted by molar-refractivity contribution is 0.414. The highest BCUT2D eigenvalue weighted by Crippen LogP contribution is 2.11. The molecule has 0 bridgehead atoms. The van der Waals surface area contributed by atoms with Gasteiger partial charge >= 0.3 is 0 Å². The fourth-order valence-electron chi connectivity index (χ4n) is 2.34. The van der Waals surface area contributed by atoms with Gasteiger partial charge in [-0.05, 0) is 43.0 Å². The maximum Gasteiger partial charge on any atom is 0.191 e. The number of methoxy groups -OCH3 is 1. The van der Waals surface area contributed by atoms with Crippen molar-refractivity contribution >= 4 is 5.96 Å². The van der Waals surface area contributed by atoms with Gasteiger partial charge in [-0.25, -0.2) is 4.99 Å². The summed E-state index contributed by atoms with van der Waals surface area (Å²) >= 11 is 0. The van der Waals surface area contributed by atoms with E-state index in [1.807, 2.05) is 42.2 Å². The van der Waals surface area contributed by atoms with Crippen LogP contribution >= 0.6 is 0 Å². The van der Waals surface area contributed by atoms with Crippen LogP contribution in [0.3, 0.4) is 0 Å². The molecule has 0 amide bonds. The Morgan fingerprint density at radius 3 is 2.62 bits per heavy atom. The fraction of sp³-hybridized carbons (Fsp3) is 0.444. The Labute approximate surface area is 143 Å². The summed E-state index contributed by atoms with van der Waals surface area (Å²) in [6.07, 6.45) is 6.03. The van der Waals surface area contributed by atoms with E-state index in [0.29, 0.717) is 6.54 Å². The van der Waals surface area contributed by atoms with Gasteiger partial charge < -0.3 is 15.4 Å². The second-order valence-electron chi connectivity index (χ2n) is 5.60. The number of aliphatic imine (C=N–C) groups is 1. The molecule has 0 saturated heterocycles. The van der Waals surface area contributed by atoms with Crippen molar-refractivity contribution in [3.8, 4) is 5.75 Å². The molecule has 0 aliphatic carbocycles. The smallest absolute Gasteiger partial charge is 0.191 e. The summed E-state index contributed by atoms with van der Waals surface area (Å²) in [4.78, 5) is 4.63. The van der Waals surface area contributed by atoms with E-state index in [2.05, 4.69) is 33.8 Å². The zero-order valence-electron chi connectivity index (χ0n) is 14.7. The highest BCUT2D eigenvalue weighted by atomic mass is 16.5. The van der Waals surface area contributed by atoms with Crippen molar-refractivity contribution in [1.29, 1.82) is 0 Å². The van der Waals surface area contributed by atoms with Gasteiger partial charge in [0.1, 0.15) is 5.75 Å². The van der Waals surface area contributed by atoms with E-state index in [1.54, 1.807) is 7.11 Å². The monoisotopic (exact) mass is 329 g/mol. The molecule has 0 unspecified atom stereocenters. The van der Waals surface area contributed by atoms with Crippen LogP contribution in [-0.4, -0.2) is 35.9 Å². The molecule has 1 aromatic heterocycles. The molecule has 0 radical (unpaired) electrons. The molecule has 2 aromatic rings. The Balaban J connectivity index is 1.78. The SMILES string of the molecule is CCNC(=NCc1ccc(OC)cc1)NCCCc1cnn(C)c1. The molecule has 0 saturated carbocycles. The third kappa shape index (κ3) is 5.95. The van der Waals surface area contributed by atoms with Gasteiger partial charge in [0, 0.05) is 26.3 Å². The third-order valence-corrected chi connectivity index (χ3v) is 3.62. The van der Waals surface area contributed by atoms with Crippen molar-refractivity contribution in [2.45, 2.75) is 26.3 Å². The number of hydrogen-bond donors (Lipinski definition) is 2.